The average Bonchev–Trinajstić information content (AvgIpc) is 3.08. The third kappa shape index (κ3) is 3.24. The number of anilines is 1. The van der Waals surface area contributed by atoms with Gasteiger partial charge in [0.15, 0.2) is 0 Å². The number of rotatable bonds is 5. The molecule has 0 bridgehead atoms. The lowest BCUT2D eigenvalue weighted by Gasteiger charge is -2.06. The van der Waals surface area contributed by atoms with E-state index in [2.05, 4.69) is 15.7 Å². The SMILES string of the molecule is Cc1nn(C)c(C(=O)NCCC(=O)NC2CC2)c1N. The van der Waals surface area contributed by atoms with Crippen LogP contribution in [0.5, 0.6) is 0 Å². The summed E-state index contributed by atoms with van der Waals surface area (Å²) in [6, 6.07) is 0.346. The number of hydrogen-bond acceptors (Lipinski definition) is 4. The molecule has 1 saturated carbocycles. The molecule has 0 aromatic carbocycles. The van der Waals surface area contributed by atoms with Gasteiger partial charge in [0.2, 0.25) is 5.91 Å². The normalized spacial score (nSPS) is 14.2. The smallest absolute Gasteiger partial charge is 0.271 e. The first-order chi connectivity index (χ1) is 8.99. The summed E-state index contributed by atoms with van der Waals surface area (Å²) in [4.78, 5) is 23.4. The van der Waals surface area contributed by atoms with Crippen LogP contribution in [0.1, 0.15) is 35.4 Å². The lowest BCUT2D eigenvalue weighted by molar-refractivity contribution is -0.121. The number of aryl methyl sites for hydroxylation is 2. The molecule has 0 spiro atoms. The molecule has 104 valence electrons. The summed E-state index contributed by atoms with van der Waals surface area (Å²) in [5, 5.41) is 9.61. The molecule has 4 N–H and O–H groups in total. The van der Waals surface area contributed by atoms with Gasteiger partial charge in [0.05, 0.1) is 11.4 Å². The quantitative estimate of drug-likeness (QED) is 0.680. The maximum atomic E-state index is 11.9. The van der Waals surface area contributed by atoms with E-state index in [0.29, 0.717) is 29.7 Å². The van der Waals surface area contributed by atoms with E-state index in [1.165, 1.54) is 4.68 Å². The molecular weight excluding hydrogens is 246 g/mol. The van der Waals surface area contributed by atoms with Crippen LogP contribution in [0.25, 0.3) is 0 Å². The Morgan fingerprint density at radius 3 is 2.68 bits per heavy atom. The van der Waals surface area contributed by atoms with Crippen molar-refractivity contribution < 1.29 is 9.59 Å². The summed E-state index contributed by atoms with van der Waals surface area (Å²) < 4.78 is 1.45. The zero-order valence-electron chi connectivity index (χ0n) is 11.2. The van der Waals surface area contributed by atoms with E-state index in [0.717, 1.165) is 12.8 Å². The van der Waals surface area contributed by atoms with Crippen molar-refractivity contribution in [2.75, 3.05) is 12.3 Å². The van der Waals surface area contributed by atoms with E-state index in [4.69, 9.17) is 5.73 Å². The van der Waals surface area contributed by atoms with E-state index >= 15 is 0 Å². The molecule has 0 radical (unpaired) electrons. The van der Waals surface area contributed by atoms with E-state index < -0.39 is 0 Å². The number of nitrogens with two attached hydrogens (primary N) is 1. The number of nitrogen functional groups attached to an aromatic ring is 1. The van der Waals surface area contributed by atoms with Crippen molar-refractivity contribution in [3.63, 3.8) is 0 Å². The minimum absolute atomic E-state index is 0.0306. The van der Waals surface area contributed by atoms with Crippen LogP contribution in [0, 0.1) is 6.92 Å². The topological polar surface area (TPSA) is 102 Å². The van der Waals surface area contributed by atoms with Crippen LogP contribution in [-0.4, -0.2) is 34.2 Å². The van der Waals surface area contributed by atoms with Crippen molar-refractivity contribution in [2.45, 2.75) is 32.2 Å². The maximum absolute atomic E-state index is 11.9. The summed E-state index contributed by atoms with van der Waals surface area (Å²) in [5.41, 5.74) is 7.12. The molecule has 1 aromatic heterocycles. The fourth-order valence-electron chi connectivity index (χ4n) is 1.84. The lowest BCUT2D eigenvalue weighted by Crippen LogP contribution is -2.32. The van der Waals surface area contributed by atoms with Gasteiger partial charge in [-0.3, -0.25) is 14.3 Å². The molecule has 0 atom stereocenters. The van der Waals surface area contributed by atoms with E-state index in [-0.39, 0.29) is 18.2 Å². The van der Waals surface area contributed by atoms with Gasteiger partial charge >= 0.3 is 0 Å². The lowest BCUT2D eigenvalue weighted by atomic mass is 10.3. The van der Waals surface area contributed by atoms with Gasteiger partial charge in [-0.25, -0.2) is 0 Å². The van der Waals surface area contributed by atoms with E-state index in [9.17, 15) is 9.59 Å². The fraction of sp³-hybridized carbons (Fsp3) is 0.583. The predicted octanol–water partition coefficient (Wildman–Crippen LogP) is -0.291. The highest BCUT2D eigenvalue weighted by molar-refractivity contribution is 5.98. The van der Waals surface area contributed by atoms with Crippen LogP contribution in [0.15, 0.2) is 0 Å². The Morgan fingerprint density at radius 1 is 1.47 bits per heavy atom. The number of aromatic nitrogens is 2. The van der Waals surface area contributed by atoms with Crippen LogP contribution in [0.3, 0.4) is 0 Å². The first kappa shape index (κ1) is 13.4. The Labute approximate surface area is 111 Å². The molecule has 1 aromatic rings. The van der Waals surface area contributed by atoms with Gasteiger partial charge in [-0.15, -0.1) is 0 Å². The van der Waals surface area contributed by atoms with E-state index in [1.807, 2.05) is 0 Å². The van der Waals surface area contributed by atoms with Gasteiger partial charge in [-0.1, -0.05) is 0 Å². The first-order valence-corrected chi connectivity index (χ1v) is 6.35. The number of amides is 2. The molecule has 1 aliphatic rings. The summed E-state index contributed by atoms with van der Waals surface area (Å²) in [5.74, 6) is -0.336. The number of nitrogens with one attached hydrogen (secondary N) is 2. The number of hydrogen-bond donors (Lipinski definition) is 3. The van der Waals surface area contributed by atoms with Gasteiger partial charge in [0, 0.05) is 26.1 Å². The minimum atomic E-state index is -0.306. The number of nitrogens with zero attached hydrogens (tertiary/aromatic N) is 2. The van der Waals surface area contributed by atoms with Gasteiger partial charge in [0.25, 0.3) is 5.91 Å². The Kier molecular flexibility index (Phi) is 3.73. The van der Waals surface area contributed by atoms with Gasteiger partial charge in [-0.05, 0) is 19.8 Å². The molecule has 19 heavy (non-hydrogen) atoms. The third-order valence-corrected chi connectivity index (χ3v) is 3.06. The zero-order valence-corrected chi connectivity index (χ0v) is 11.2. The van der Waals surface area contributed by atoms with Crippen molar-refractivity contribution in [1.82, 2.24) is 20.4 Å². The van der Waals surface area contributed by atoms with Gasteiger partial charge < -0.3 is 16.4 Å². The molecule has 7 nitrogen and oxygen atoms in total. The second-order valence-electron chi connectivity index (χ2n) is 4.82. The molecule has 1 heterocycles. The minimum Gasteiger partial charge on any atom is -0.395 e. The Balaban J connectivity index is 1.81. The van der Waals surface area contributed by atoms with Crippen molar-refractivity contribution in [2.24, 2.45) is 7.05 Å². The molecule has 0 unspecified atom stereocenters. The highest BCUT2D eigenvalue weighted by Crippen LogP contribution is 2.18. The monoisotopic (exact) mass is 265 g/mol. The predicted molar refractivity (Wildman–Crippen MR) is 70.5 cm³/mol. The molecular formula is C12H19N5O2. The van der Waals surface area contributed by atoms with Crippen molar-refractivity contribution in [1.29, 1.82) is 0 Å². The zero-order chi connectivity index (χ0) is 14.0. The first-order valence-electron chi connectivity index (χ1n) is 6.35. The number of carbonyl (C=O) groups is 2. The van der Waals surface area contributed by atoms with Crippen LogP contribution in [0.2, 0.25) is 0 Å². The molecule has 0 saturated heterocycles. The summed E-state index contributed by atoms with van der Waals surface area (Å²) in [6.07, 6.45) is 2.39. The van der Waals surface area contributed by atoms with Crippen LogP contribution in [-0.2, 0) is 11.8 Å². The van der Waals surface area contributed by atoms with Crippen molar-refractivity contribution in [3.8, 4) is 0 Å². The summed E-state index contributed by atoms with van der Waals surface area (Å²) in [6.45, 7) is 2.04. The summed E-state index contributed by atoms with van der Waals surface area (Å²) >= 11 is 0. The molecule has 1 aliphatic carbocycles. The summed E-state index contributed by atoms with van der Waals surface area (Å²) in [7, 11) is 1.66. The molecule has 7 heteroatoms. The van der Waals surface area contributed by atoms with Gasteiger partial charge in [0.1, 0.15) is 5.69 Å². The Morgan fingerprint density at radius 2 is 2.16 bits per heavy atom. The standard InChI is InChI=1S/C12H19N5O2/c1-7-10(13)11(17(2)16-7)12(19)14-6-5-9(18)15-8-3-4-8/h8H,3-6,13H2,1-2H3,(H,14,19)(H,15,18). The second-order valence-corrected chi connectivity index (χ2v) is 4.82. The van der Waals surface area contributed by atoms with Crippen LogP contribution >= 0.6 is 0 Å². The molecule has 2 rings (SSSR count). The third-order valence-electron chi connectivity index (χ3n) is 3.06. The molecule has 0 aliphatic heterocycles. The van der Waals surface area contributed by atoms with Gasteiger partial charge in [-0.2, -0.15) is 5.10 Å². The highest BCUT2D eigenvalue weighted by Gasteiger charge is 2.23. The van der Waals surface area contributed by atoms with Crippen LogP contribution < -0.4 is 16.4 Å². The largest absolute Gasteiger partial charge is 0.395 e. The van der Waals surface area contributed by atoms with Crippen molar-refractivity contribution in [3.05, 3.63) is 11.4 Å². The fourth-order valence-corrected chi connectivity index (χ4v) is 1.84. The molecule has 2 amide bonds. The average molecular weight is 265 g/mol. The number of carbonyl (C=O) groups excluding carboxylic acids is 2. The Bertz CT molecular complexity index is 504. The Hall–Kier alpha value is -2.05. The molecule has 1 fully saturated rings. The van der Waals surface area contributed by atoms with Crippen molar-refractivity contribution >= 4 is 17.5 Å². The highest BCUT2D eigenvalue weighted by atomic mass is 16.2. The van der Waals surface area contributed by atoms with E-state index in [1.54, 1.807) is 14.0 Å². The van der Waals surface area contributed by atoms with Crippen LogP contribution in [0.4, 0.5) is 5.69 Å². The maximum Gasteiger partial charge on any atom is 0.271 e. The second kappa shape index (κ2) is 5.29.